The van der Waals surface area contributed by atoms with Gasteiger partial charge in [-0.25, -0.2) is 4.39 Å². The van der Waals surface area contributed by atoms with Gasteiger partial charge in [0.2, 0.25) is 11.4 Å². The van der Waals surface area contributed by atoms with Gasteiger partial charge in [0, 0.05) is 5.38 Å². The Balaban J connectivity index is 3.07. The highest BCUT2D eigenvalue weighted by molar-refractivity contribution is 6.30. The van der Waals surface area contributed by atoms with E-state index in [1.54, 1.807) is 5.38 Å². The fourth-order valence-electron chi connectivity index (χ4n) is 1.21. The van der Waals surface area contributed by atoms with Gasteiger partial charge in [0.1, 0.15) is 12.2 Å². The highest BCUT2D eigenvalue weighted by Crippen LogP contribution is 2.38. The van der Waals surface area contributed by atoms with Crippen LogP contribution in [0, 0.1) is 11.3 Å². The second-order valence-electron chi connectivity index (χ2n) is 2.91. The predicted molar refractivity (Wildman–Crippen MR) is 46.1 cm³/mol. The normalized spacial score (nSPS) is 47.2. The van der Waals surface area contributed by atoms with Gasteiger partial charge in [-0.15, -0.1) is 0 Å². The minimum Gasteiger partial charge on any atom is -0.394 e. The Morgan fingerprint density at radius 2 is 2.21 bits per heavy atom. The zero-order chi connectivity index (χ0) is 11.0. The fourth-order valence-corrected chi connectivity index (χ4v) is 1.36. The van der Waals surface area contributed by atoms with Crippen LogP contribution in [-0.2, 0) is 4.74 Å². The minimum absolute atomic E-state index is 0.698. The Kier molecular flexibility index (Phi) is 3.09. The number of hydrogen-bond acceptors (Lipinski definition) is 4. The molecule has 0 saturated carbocycles. The lowest BCUT2D eigenvalue weighted by molar-refractivity contribution is -0.140. The maximum absolute atomic E-state index is 13.4. The molecule has 1 saturated heterocycles. The summed E-state index contributed by atoms with van der Waals surface area (Å²) in [7, 11) is 4.93. The number of halogens is 2. The molecule has 1 aliphatic heterocycles. The third kappa shape index (κ3) is 1.51. The van der Waals surface area contributed by atoms with Crippen molar-refractivity contribution in [3.8, 4) is 11.3 Å². The van der Waals surface area contributed by atoms with E-state index in [1.807, 2.05) is 5.92 Å². The van der Waals surface area contributed by atoms with Crippen LogP contribution in [0.1, 0.15) is 0 Å². The first-order valence-corrected chi connectivity index (χ1v) is 4.06. The molecule has 1 aliphatic rings. The monoisotopic (exact) mass is 220 g/mol. The van der Waals surface area contributed by atoms with Crippen LogP contribution in [0.5, 0.6) is 0 Å². The number of aliphatic hydroxyl groups is 3. The summed E-state index contributed by atoms with van der Waals surface area (Å²) in [6.07, 6.45) is -3.11. The lowest BCUT2D eigenvalue weighted by Crippen LogP contribution is -2.53. The Bertz CT molecular complexity index is 289. The van der Waals surface area contributed by atoms with Crippen LogP contribution in [0.15, 0.2) is 0 Å². The molecule has 0 aliphatic carbocycles. The standard InChI is InChI=1S/C7H7BClFO4/c8-7(10)6(13,1-2-9)5(12)4(3-11)14-7/h4-5,11-13H,3H2/t4-,5?,6?,7?/m1/s1. The molecule has 0 aromatic rings. The second kappa shape index (κ2) is 3.68. The van der Waals surface area contributed by atoms with E-state index in [0.29, 0.717) is 0 Å². The molecule has 0 aromatic carbocycles. The van der Waals surface area contributed by atoms with Crippen LogP contribution < -0.4 is 0 Å². The molecule has 4 nitrogen and oxygen atoms in total. The first kappa shape index (κ1) is 11.8. The van der Waals surface area contributed by atoms with Gasteiger partial charge in [0.05, 0.1) is 6.61 Å². The Morgan fingerprint density at radius 1 is 1.64 bits per heavy atom. The highest BCUT2D eigenvalue weighted by atomic mass is 35.5. The molecule has 0 amide bonds. The number of hydrogen-bond donors (Lipinski definition) is 3. The summed E-state index contributed by atoms with van der Waals surface area (Å²) < 4.78 is 17.8. The van der Waals surface area contributed by atoms with E-state index >= 15 is 0 Å². The second-order valence-corrected chi connectivity index (χ2v) is 3.10. The summed E-state index contributed by atoms with van der Waals surface area (Å²) >= 11 is 4.98. The molecule has 0 aromatic heterocycles. The molecular weight excluding hydrogens is 213 g/mol. The molecule has 1 rings (SSSR count). The molecule has 0 bridgehead atoms. The van der Waals surface area contributed by atoms with Gasteiger partial charge in [0.15, 0.2) is 7.85 Å². The summed E-state index contributed by atoms with van der Waals surface area (Å²) in [5.74, 6) is -1.26. The first-order valence-electron chi connectivity index (χ1n) is 3.68. The van der Waals surface area contributed by atoms with Gasteiger partial charge in [-0.3, -0.25) is 0 Å². The molecule has 76 valence electrons. The van der Waals surface area contributed by atoms with Crippen molar-refractivity contribution in [2.45, 2.75) is 23.6 Å². The quantitative estimate of drug-likeness (QED) is 0.370. The van der Waals surface area contributed by atoms with Crippen molar-refractivity contribution in [2.24, 2.45) is 0 Å². The topological polar surface area (TPSA) is 69.9 Å². The average Bonchev–Trinajstić information content (AvgIpc) is 2.27. The average molecular weight is 220 g/mol. The van der Waals surface area contributed by atoms with Crippen molar-refractivity contribution in [1.82, 2.24) is 0 Å². The van der Waals surface area contributed by atoms with E-state index in [0.717, 1.165) is 0 Å². The molecule has 14 heavy (non-hydrogen) atoms. The molecule has 1 heterocycles. The third-order valence-electron chi connectivity index (χ3n) is 2.04. The van der Waals surface area contributed by atoms with E-state index in [9.17, 15) is 14.6 Å². The van der Waals surface area contributed by atoms with Crippen LogP contribution >= 0.6 is 11.6 Å². The fraction of sp³-hybridized carbons (Fsp3) is 0.714. The Labute approximate surface area is 86.0 Å². The van der Waals surface area contributed by atoms with Crippen LogP contribution in [0.4, 0.5) is 4.39 Å². The summed E-state index contributed by atoms with van der Waals surface area (Å²) in [5, 5.41) is 29.3. The van der Waals surface area contributed by atoms with Gasteiger partial charge in [0.25, 0.3) is 0 Å². The molecule has 1 fully saturated rings. The van der Waals surface area contributed by atoms with Crippen LogP contribution in [-0.4, -0.2) is 53.3 Å². The number of aliphatic hydroxyl groups excluding tert-OH is 2. The zero-order valence-electron chi connectivity index (χ0n) is 6.94. The largest absolute Gasteiger partial charge is 0.394 e. The van der Waals surface area contributed by atoms with Crippen LogP contribution in [0.3, 0.4) is 0 Å². The van der Waals surface area contributed by atoms with E-state index < -0.39 is 30.2 Å². The molecule has 3 N–H and O–H groups in total. The number of rotatable bonds is 1. The lowest BCUT2D eigenvalue weighted by Gasteiger charge is -2.28. The van der Waals surface area contributed by atoms with E-state index in [2.05, 4.69) is 4.74 Å². The smallest absolute Gasteiger partial charge is 0.204 e. The third-order valence-corrected chi connectivity index (χ3v) is 2.14. The summed E-state index contributed by atoms with van der Waals surface area (Å²) in [6.45, 7) is -0.698. The summed E-state index contributed by atoms with van der Waals surface area (Å²) in [6, 6.07) is 0. The molecule has 0 spiro atoms. The maximum Gasteiger partial charge on any atom is 0.204 e. The molecular formula is C7H7BClFO4. The Hall–Kier alpha value is -0.315. The van der Waals surface area contributed by atoms with Crippen molar-refractivity contribution in [1.29, 1.82) is 0 Å². The molecule has 4 atom stereocenters. The van der Waals surface area contributed by atoms with E-state index in [1.165, 1.54) is 0 Å². The Morgan fingerprint density at radius 3 is 2.57 bits per heavy atom. The van der Waals surface area contributed by atoms with Gasteiger partial charge in [-0.05, 0) is 17.5 Å². The van der Waals surface area contributed by atoms with Gasteiger partial charge < -0.3 is 20.1 Å². The van der Waals surface area contributed by atoms with E-state index in [4.69, 9.17) is 24.6 Å². The zero-order valence-corrected chi connectivity index (χ0v) is 7.70. The number of alkyl halides is 1. The summed E-state index contributed by atoms with van der Waals surface area (Å²) in [4.78, 5) is 0. The first-order chi connectivity index (χ1) is 6.39. The van der Waals surface area contributed by atoms with Gasteiger partial charge in [-0.2, -0.15) is 0 Å². The van der Waals surface area contributed by atoms with E-state index in [-0.39, 0.29) is 0 Å². The number of ether oxygens (including phenoxy) is 1. The van der Waals surface area contributed by atoms with Crippen molar-refractivity contribution in [3.63, 3.8) is 0 Å². The minimum atomic E-state index is -3.07. The van der Waals surface area contributed by atoms with Crippen molar-refractivity contribution < 1.29 is 24.4 Å². The lowest BCUT2D eigenvalue weighted by atomic mass is 9.78. The maximum atomic E-state index is 13.4. The van der Waals surface area contributed by atoms with Gasteiger partial charge >= 0.3 is 0 Å². The van der Waals surface area contributed by atoms with Crippen molar-refractivity contribution in [2.75, 3.05) is 6.61 Å². The van der Waals surface area contributed by atoms with Crippen molar-refractivity contribution in [3.05, 3.63) is 0 Å². The summed E-state index contributed by atoms with van der Waals surface area (Å²) in [5.41, 5.74) is -2.64. The van der Waals surface area contributed by atoms with Crippen LogP contribution in [0.25, 0.3) is 0 Å². The SMILES string of the molecule is [B]C1(F)O[C@H](CO)C(O)C1(O)C#CCl. The highest BCUT2D eigenvalue weighted by Gasteiger charge is 2.62. The molecule has 2 radical (unpaired) electrons. The molecule has 3 unspecified atom stereocenters. The predicted octanol–water partition coefficient (Wildman–Crippen LogP) is -1.54. The van der Waals surface area contributed by atoms with Crippen molar-refractivity contribution >= 4 is 19.4 Å². The molecule has 7 heteroatoms. The van der Waals surface area contributed by atoms with Gasteiger partial charge in [-0.1, -0.05) is 0 Å². The van der Waals surface area contributed by atoms with Crippen LogP contribution in [0.2, 0.25) is 0 Å².